The minimum Gasteiger partial charge on any atom is -0.493 e. The fourth-order valence-corrected chi connectivity index (χ4v) is 4.22. The first-order valence-corrected chi connectivity index (χ1v) is 12.8. The number of fused-ring (bicyclic) bond motifs is 7. The molecule has 196 valence electrons. The lowest BCUT2D eigenvalue weighted by atomic mass is 10.1. The highest BCUT2D eigenvalue weighted by Gasteiger charge is 2.12. The van der Waals surface area contributed by atoms with E-state index in [1.807, 2.05) is 42.5 Å². The lowest BCUT2D eigenvalue weighted by Gasteiger charge is -2.21. The molecule has 6 bridgehead atoms. The summed E-state index contributed by atoms with van der Waals surface area (Å²) in [5, 5.41) is 3.37. The Kier molecular flexibility index (Phi) is 9.35. The van der Waals surface area contributed by atoms with Gasteiger partial charge in [0.2, 0.25) is 5.95 Å². The van der Waals surface area contributed by atoms with Gasteiger partial charge < -0.3 is 24.4 Å². The van der Waals surface area contributed by atoms with Gasteiger partial charge >= 0.3 is 0 Å². The molecule has 0 unspecified atom stereocenters. The Labute approximate surface area is 219 Å². The smallest absolute Gasteiger partial charge is 0.227 e. The molecule has 0 aliphatic carbocycles. The number of aromatic nitrogens is 2. The maximum atomic E-state index is 6.24. The predicted octanol–water partition coefficient (Wildman–Crippen LogP) is 5.00. The maximum Gasteiger partial charge on any atom is 0.227 e. The largest absolute Gasteiger partial charge is 0.493 e. The zero-order valence-electron chi connectivity index (χ0n) is 22.2. The Balaban J connectivity index is 1.63. The molecule has 1 N–H and O–H groups in total. The number of benzene rings is 2. The lowest BCUT2D eigenvalue weighted by Crippen LogP contribution is -2.28. The van der Waals surface area contributed by atoms with E-state index >= 15 is 0 Å². The zero-order chi connectivity index (χ0) is 26.0. The normalized spacial score (nSPS) is 14.8. The Morgan fingerprint density at radius 1 is 1.05 bits per heavy atom. The van der Waals surface area contributed by atoms with Gasteiger partial charge in [0.25, 0.3) is 0 Å². The second-order valence-electron chi connectivity index (χ2n) is 8.93. The summed E-state index contributed by atoms with van der Waals surface area (Å²) in [4.78, 5) is 13.8. The Bertz CT molecular complexity index is 1200. The van der Waals surface area contributed by atoms with Crippen LogP contribution in [0.2, 0.25) is 0 Å². The van der Waals surface area contributed by atoms with E-state index in [1.54, 1.807) is 13.3 Å². The summed E-state index contributed by atoms with van der Waals surface area (Å²) in [5.41, 5.74) is 3.73. The molecule has 1 aliphatic heterocycles. The Morgan fingerprint density at radius 3 is 2.70 bits per heavy atom. The molecule has 4 rings (SSSR count). The first-order chi connectivity index (χ1) is 18.1. The van der Waals surface area contributed by atoms with Crippen molar-refractivity contribution < 1.29 is 14.2 Å². The summed E-state index contributed by atoms with van der Waals surface area (Å²) >= 11 is 0. The number of rotatable bonds is 7. The van der Waals surface area contributed by atoms with Crippen molar-refractivity contribution in [2.24, 2.45) is 0 Å². The molecule has 0 saturated carbocycles. The van der Waals surface area contributed by atoms with Gasteiger partial charge in [-0.2, -0.15) is 0 Å². The van der Waals surface area contributed by atoms with Gasteiger partial charge in [-0.3, -0.25) is 4.90 Å². The van der Waals surface area contributed by atoms with E-state index < -0.39 is 0 Å². The van der Waals surface area contributed by atoms with Crippen LogP contribution in [0, 0.1) is 0 Å². The third-order valence-electron chi connectivity index (χ3n) is 6.35. The standard InChI is InChI=1S/C29H37N5O3/c1-5-34(6-2)16-18-37-26-12-10-24-19-23(26)21-33(3)15-7-8-17-36-28-20-22(9-11-27(28)35-4)25-13-14-30-29(31-24)32-25/h7-14,19-20H,5-6,15-18,21H2,1-4H3,(H,30,31,32)/b8-7+. The van der Waals surface area contributed by atoms with Gasteiger partial charge in [0.15, 0.2) is 11.5 Å². The second-order valence-corrected chi connectivity index (χ2v) is 8.93. The van der Waals surface area contributed by atoms with Crippen molar-refractivity contribution in [3.8, 4) is 28.5 Å². The summed E-state index contributed by atoms with van der Waals surface area (Å²) in [6.07, 6.45) is 5.90. The maximum absolute atomic E-state index is 6.24. The number of nitrogens with zero attached hydrogens (tertiary/aromatic N) is 4. The second kappa shape index (κ2) is 13.1. The molecule has 2 heterocycles. The van der Waals surface area contributed by atoms with Crippen LogP contribution in [0.4, 0.5) is 11.6 Å². The van der Waals surface area contributed by atoms with Crippen LogP contribution in [-0.2, 0) is 6.54 Å². The van der Waals surface area contributed by atoms with E-state index in [2.05, 4.69) is 53.1 Å². The van der Waals surface area contributed by atoms with Crippen LogP contribution in [0.5, 0.6) is 17.2 Å². The minimum atomic E-state index is 0.444. The highest BCUT2D eigenvalue weighted by molar-refractivity contribution is 5.66. The molecule has 0 atom stereocenters. The van der Waals surface area contributed by atoms with E-state index in [0.717, 1.165) is 61.0 Å². The molecular weight excluding hydrogens is 466 g/mol. The van der Waals surface area contributed by atoms with Crippen molar-refractivity contribution in [3.63, 3.8) is 0 Å². The summed E-state index contributed by atoms with van der Waals surface area (Å²) in [6, 6.07) is 13.9. The van der Waals surface area contributed by atoms with Crippen LogP contribution in [0.1, 0.15) is 19.4 Å². The molecule has 8 heteroatoms. The van der Waals surface area contributed by atoms with Gasteiger partial charge in [0.05, 0.1) is 12.8 Å². The molecule has 0 fully saturated rings. The fraction of sp³-hybridized carbons (Fsp3) is 0.379. The number of hydrogen-bond donors (Lipinski definition) is 1. The quantitative estimate of drug-likeness (QED) is 0.452. The number of methoxy groups -OCH3 is 1. The third-order valence-corrected chi connectivity index (χ3v) is 6.35. The van der Waals surface area contributed by atoms with Crippen LogP contribution < -0.4 is 19.5 Å². The van der Waals surface area contributed by atoms with Gasteiger partial charge in [-0.15, -0.1) is 0 Å². The van der Waals surface area contributed by atoms with Crippen LogP contribution in [-0.4, -0.2) is 73.3 Å². The SMILES string of the molecule is CCN(CC)CCOc1ccc2cc1CN(C)C/C=C/COc1cc(ccc1OC)-c1ccnc(n1)N2. The van der Waals surface area contributed by atoms with Gasteiger partial charge in [-0.05, 0) is 62.6 Å². The van der Waals surface area contributed by atoms with Crippen molar-refractivity contribution >= 4 is 11.6 Å². The van der Waals surface area contributed by atoms with Crippen molar-refractivity contribution in [1.82, 2.24) is 19.8 Å². The molecule has 0 amide bonds. The molecule has 0 spiro atoms. The Hall–Kier alpha value is -3.62. The predicted molar refractivity (Wildman–Crippen MR) is 148 cm³/mol. The third kappa shape index (κ3) is 7.21. The van der Waals surface area contributed by atoms with Crippen molar-refractivity contribution in [1.29, 1.82) is 0 Å². The average Bonchev–Trinajstić information content (AvgIpc) is 2.91. The van der Waals surface area contributed by atoms with Gasteiger partial charge in [-0.25, -0.2) is 9.97 Å². The minimum absolute atomic E-state index is 0.444. The number of hydrogen-bond acceptors (Lipinski definition) is 8. The zero-order valence-corrected chi connectivity index (χ0v) is 22.2. The average molecular weight is 504 g/mol. The van der Waals surface area contributed by atoms with Crippen molar-refractivity contribution in [3.05, 3.63) is 66.4 Å². The summed E-state index contributed by atoms with van der Waals surface area (Å²) < 4.78 is 17.8. The molecule has 37 heavy (non-hydrogen) atoms. The topological polar surface area (TPSA) is 72.0 Å². The van der Waals surface area contributed by atoms with Crippen molar-refractivity contribution in [2.75, 3.05) is 58.9 Å². The summed E-state index contributed by atoms with van der Waals surface area (Å²) in [5.74, 6) is 2.78. The van der Waals surface area contributed by atoms with E-state index in [4.69, 9.17) is 19.2 Å². The van der Waals surface area contributed by atoms with Gasteiger partial charge in [-0.1, -0.05) is 26.0 Å². The molecule has 0 saturated heterocycles. The Morgan fingerprint density at radius 2 is 1.89 bits per heavy atom. The first kappa shape index (κ1) is 26.4. The van der Waals surface area contributed by atoms with E-state index in [0.29, 0.717) is 30.7 Å². The van der Waals surface area contributed by atoms with E-state index in [-0.39, 0.29) is 0 Å². The van der Waals surface area contributed by atoms with Crippen LogP contribution in [0.3, 0.4) is 0 Å². The molecule has 8 nitrogen and oxygen atoms in total. The van der Waals surface area contributed by atoms with Crippen molar-refractivity contribution in [2.45, 2.75) is 20.4 Å². The molecular formula is C29H37N5O3. The van der Waals surface area contributed by atoms with E-state index in [1.165, 1.54) is 0 Å². The highest BCUT2D eigenvalue weighted by atomic mass is 16.5. The van der Waals surface area contributed by atoms with Crippen LogP contribution in [0.15, 0.2) is 60.8 Å². The highest BCUT2D eigenvalue weighted by Crippen LogP contribution is 2.32. The molecule has 0 radical (unpaired) electrons. The molecule has 1 aromatic heterocycles. The molecule has 1 aliphatic rings. The molecule has 2 aromatic carbocycles. The number of anilines is 2. The van der Waals surface area contributed by atoms with E-state index in [9.17, 15) is 0 Å². The van der Waals surface area contributed by atoms with Gasteiger partial charge in [0.1, 0.15) is 19.0 Å². The lowest BCUT2D eigenvalue weighted by molar-refractivity contribution is 0.220. The van der Waals surface area contributed by atoms with Crippen LogP contribution >= 0.6 is 0 Å². The van der Waals surface area contributed by atoms with Crippen LogP contribution in [0.25, 0.3) is 11.3 Å². The number of ether oxygens (including phenoxy) is 3. The summed E-state index contributed by atoms with van der Waals surface area (Å²) in [7, 11) is 3.74. The molecule has 3 aromatic rings. The van der Waals surface area contributed by atoms with Gasteiger partial charge in [0, 0.05) is 42.6 Å². The first-order valence-electron chi connectivity index (χ1n) is 12.8. The summed E-state index contributed by atoms with van der Waals surface area (Å²) in [6.45, 7) is 9.89. The number of likely N-dealkylation sites (N-methyl/N-ethyl adjacent to an activating group) is 2. The fourth-order valence-electron chi connectivity index (χ4n) is 4.22. The number of nitrogens with one attached hydrogen (secondary N) is 1. The monoisotopic (exact) mass is 503 g/mol.